The highest BCUT2D eigenvalue weighted by molar-refractivity contribution is 9.10. The Labute approximate surface area is 339 Å². The Balaban J connectivity index is 0.000000165. The molecule has 1 N–H and O–H groups in total. The van der Waals surface area contributed by atoms with Crippen molar-refractivity contribution < 1.29 is 14.3 Å². The Morgan fingerprint density at radius 1 is 0.632 bits per heavy atom. The van der Waals surface area contributed by atoms with Crippen LogP contribution in [0.2, 0.25) is 0 Å². The summed E-state index contributed by atoms with van der Waals surface area (Å²) in [4.78, 5) is 12.1. The van der Waals surface area contributed by atoms with Crippen LogP contribution in [0.3, 0.4) is 0 Å². The second-order valence-corrected chi connectivity index (χ2v) is 14.6. The number of aryl methyl sites for hydroxylation is 3. The molecule has 17 heteroatoms. The van der Waals surface area contributed by atoms with Crippen molar-refractivity contribution in [1.82, 2.24) is 65.9 Å². The molecule has 0 fully saturated rings. The quantitative estimate of drug-likeness (QED) is 0.144. The minimum Gasteiger partial charge on any atom is -0.493 e. The molecule has 0 atom stereocenters. The zero-order valence-electron chi connectivity index (χ0n) is 33.0. The number of aromatic nitrogens is 12. The van der Waals surface area contributed by atoms with Gasteiger partial charge in [-0.25, -0.2) is 14.0 Å². The van der Waals surface area contributed by atoms with Crippen LogP contribution in [-0.2, 0) is 27.7 Å². The molecule has 0 saturated carbocycles. The summed E-state index contributed by atoms with van der Waals surface area (Å²) in [6.07, 6.45) is 0. The summed E-state index contributed by atoms with van der Waals surface area (Å²) in [6, 6.07) is 30.6. The van der Waals surface area contributed by atoms with E-state index in [4.69, 9.17) is 9.47 Å². The van der Waals surface area contributed by atoms with Gasteiger partial charge in [0.15, 0.2) is 17.5 Å². The van der Waals surface area contributed by atoms with E-state index in [-0.39, 0.29) is 5.91 Å². The Hall–Kier alpha value is -6.36. The van der Waals surface area contributed by atoms with Gasteiger partial charge < -0.3 is 14.8 Å². The topological polar surface area (TPSA) is 178 Å². The van der Waals surface area contributed by atoms with Crippen LogP contribution in [0.15, 0.2) is 102 Å². The summed E-state index contributed by atoms with van der Waals surface area (Å²) in [7, 11) is 5.40. The van der Waals surface area contributed by atoms with Crippen LogP contribution < -0.4 is 14.8 Å². The summed E-state index contributed by atoms with van der Waals surface area (Å²) in [5.74, 6) is 4.77. The number of tetrazole rings is 3. The number of carbonyl (C=O) groups is 1. The first-order valence-electron chi connectivity index (χ1n) is 18.2. The lowest BCUT2D eigenvalue weighted by Gasteiger charge is -2.11. The van der Waals surface area contributed by atoms with Crippen molar-refractivity contribution in [1.29, 1.82) is 0 Å². The van der Waals surface area contributed by atoms with Crippen LogP contribution in [0.4, 0.5) is 0 Å². The molecule has 0 aliphatic rings. The predicted molar refractivity (Wildman–Crippen MR) is 219 cm³/mol. The van der Waals surface area contributed by atoms with Gasteiger partial charge in [0.05, 0.1) is 17.7 Å². The number of benzene rings is 4. The number of amides is 1. The third kappa shape index (κ3) is 12.3. The molecule has 57 heavy (non-hydrogen) atoms. The van der Waals surface area contributed by atoms with E-state index in [1.54, 1.807) is 33.2 Å². The molecule has 0 radical (unpaired) electrons. The second kappa shape index (κ2) is 20.5. The van der Waals surface area contributed by atoms with Gasteiger partial charge in [0.1, 0.15) is 11.5 Å². The standard InChI is InChI=1S/C16H15N5O.C12H15BrN4O.C12H16N4O/c1-21-15(18-19-20-21)13-7-9-14(10-8-13)16(22)17-11-12-5-3-2-4-6-12;1-8(2)7-18-11-5-4-9(6-10(11)13)12-14-15-16-17(12)3;1-9(2)8-17-11-6-4-10(5-7-11)12-13-14-15-16(12)3/h2-10H,11H2,1H3,(H,17,22);4-6,8H,7H2,1-3H3;4-7,9H,8H2,1-3H3. The number of nitrogens with one attached hydrogen (secondary N) is 1. The molecule has 0 bridgehead atoms. The fourth-order valence-corrected chi connectivity index (χ4v) is 5.54. The van der Waals surface area contributed by atoms with Crippen molar-refractivity contribution in [3.8, 4) is 45.7 Å². The summed E-state index contributed by atoms with van der Waals surface area (Å²) in [5.41, 5.74) is 4.47. The van der Waals surface area contributed by atoms with E-state index in [9.17, 15) is 4.79 Å². The predicted octanol–water partition coefficient (Wildman–Crippen LogP) is 6.39. The fraction of sp³-hybridized carbons (Fsp3) is 0.300. The molecule has 3 heterocycles. The van der Waals surface area contributed by atoms with Crippen molar-refractivity contribution >= 4 is 21.8 Å². The molecule has 0 spiro atoms. The van der Waals surface area contributed by atoms with Crippen LogP contribution in [0.25, 0.3) is 34.2 Å². The SMILES string of the molecule is CC(C)COc1ccc(-c2nnnn2C)cc1.CC(C)COc1ccc(-c2nnnn2C)cc1Br.Cn1nnnc1-c1ccc(C(=O)NCc2ccccc2)cc1. The number of carbonyl (C=O) groups excluding carboxylic acids is 1. The summed E-state index contributed by atoms with van der Waals surface area (Å²) in [5, 5.41) is 37.0. The van der Waals surface area contributed by atoms with Crippen molar-refractivity contribution in [2.24, 2.45) is 33.0 Å². The molecule has 0 saturated heterocycles. The minimum atomic E-state index is -0.105. The number of nitrogens with zero attached hydrogens (tertiary/aromatic N) is 12. The van der Waals surface area contributed by atoms with Gasteiger partial charge in [-0.2, -0.15) is 0 Å². The van der Waals surface area contributed by atoms with Gasteiger partial charge in [-0.1, -0.05) is 70.2 Å². The molecule has 1 amide bonds. The molecule has 3 aromatic heterocycles. The maximum absolute atomic E-state index is 12.1. The van der Waals surface area contributed by atoms with Gasteiger partial charge in [-0.05, 0) is 119 Å². The molecule has 4 aromatic carbocycles. The molecular weight excluding hydrogens is 790 g/mol. The summed E-state index contributed by atoms with van der Waals surface area (Å²) in [6.45, 7) is 10.4. The van der Waals surface area contributed by atoms with E-state index >= 15 is 0 Å². The van der Waals surface area contributed by atoms with E-state index in [0.717, 1.165) is 56.5 Å². The molecule has 0 aliphatic carbocycles. The fourth-order valence-electron chi connectivity index (χ4n) is 5.05. The Bertz CT molecular complexity index is 2290. The monoisotopic (exact) mass is 835 g/mol. The normalized spacial score (nSPS) is 10.7. The molecule has 0 unspecified atom stereocenters. The average Bonchev–Trinajstić information content (AvgIpc) is 3.97. The lowest BCUT2D eigenvalue weighted by atomic mass is 10.1. The van der Waals surface area contributed by atoms with Gasteiger partial charge in [0.25, 0.3) is 5.91 Å². The summed E-state index contributed by atoms with van der Waals surface area (Å²) < 4.78 is 17.1. The molecular formula is C40H46BrN13O3. The van der Waals surface area contributed by atoms with Crippen LogP contribution in [0.1, 0.15) is 43.6 Å². The molecule has 7 aromatic rings. The summed E-state index contributed by atoms with van der Waals surface area (Å²) >= 11 is 3.50. The van der Waals surface area contributed by atoms with Gasteiger partial charge in [0, 0.05) is 49.9 Å². The first-order valence-corrected chi connectivity index (χ1v) is 19.0. The van der Waals surface area contributed by atoms with E-state index in [1.807, 2.05) is 99.0 Å². The lowest BCUT2D eigenvalue weighted by Crippen LogP contribution is -2.22. The van der Waals surface area contributed by atoms with Gasteiger partial charge in [-0.3, -0.25) is 4.79 Å². The van der Waals surface area contributed by atoms with Crippen LogP contribution in [0.5, 0.6) is 11.5 Å². The van der Waals surface area contributed by atoms with Crippen LogP contribution >= 0.6 is 15.9 Å². The first-order chi connectivity index (χ1) is 27.5. The molecule has 7 rings (SSSR count). The van der Waals surface area contributed by atoms with Crippen molar-refractivity contribution in [2.45, 2.75) is 34.2 Å². The average molecular weight is 837 g/mol. The maximum atomic E-state index is 12.1. The largest absolute Gasteiger partial charge is 0.493 e. The van der Waals surface area contributed by atoms with E-state index in [0.29, 0.717) is 36.4 Å². The van der Waals surface area contributed by atoms with Crippen molar-refractivity contribution in [2.75, 3.05) is 13.2 Å². The van der Waals surface area contributed by atoms with E-state index < -0.39 is 0 Å². The third-order valence-corrected chi connectivity index (χ3v) is 8.64. The van der Waals surface area contributed by atoms with Crippen LogP contribution in [-0.4, -0.2) is 79.7 Å². The zero-order valence-corrected chi connectivity index (χ0v) is 34.6. The second-order valence-electron chi connectivity index (χ2n) is 13.7. The number of halogens is 1. The number of rotatable bonds is 12. The number of hydrogen-bond donors (Lipinski definition) is 1. The Morgan fingerprint density at radius 3 is 1.58 bits per heavy atom. The first kappa shape index (κ1) is 41.8. The zero-order chi connectivity index (χ0) is 40.7. The van der Waals surface area contributed by atoms with Gasteiger partial charge in [0.2, 0.25) is 0 Å². The highest BCUT2D eigenvalue weighted by atomic mass is 79.9. The van der Waals surface area contributed by atoms with E-state index in [1.165, 1.54) is 0 Å². The highest BCUT2D eigenvalue weighted by Gasteiger charge is 2.11. The smallest absolute Gasteiger partial charge is 0.251 e. The minimum absolute atomic E-state index is 0.105. The Kier molecular flexibility index (Phi) is 15.1. The van der Waals surface area contributed by atoms with E-state index in [2.05, 4.69) is 95.5 Å². The molecule has 0 aliphatic heterocycles. The third-order valence-electron chi connectivity index (χ3n) is 8.02. The molecule has 296 valence electrons. The molecule has 16 nitrogen and oxygen atoms in total. The number of hydrogen-bond acceptors (Lipinski definition) is 12. The Morgan fingerprint density at radius 2 is 1.11 bits per heavy atom. The van der Waals surface area contributed by atoms with Crippen molar-refractivity contribution in [3.05, 3.63) is 113 Å². The number of ether oxygens (including phenoxy) is 2. The van der Waals surface area contributed by atoms with Crippen LogP contribution in [0, 0.1) is 11.8 Å². The maximum Gasteiger partial charge on any atom is 0.251 e. The van der Waals surface area contributed by atoms with Gasteiger partial charge >= 0.3 is 0 Å². The lowest BCUT2D eigenvalue weighted by molar-refractivity contribution is 0.0951. The van der Waals surface area contributed by atoms with Crippen molar-refractivity contribution in [3.63, 3.8) is 0 Å². The highest BCUT2D eigenvalue weighted by Crippen LogP contribution is 2.30. The van der Waals surface area contributed by atoms with Gasteiger partial charge in [-0.15, -0.1) is 15.3 Å².